The molecule has 0 spiro atoms. The zero-order valence-electron chi connectivity index (χ0n) is 15.6. The lowest BCUT2D eigenvalue weighted by atomic mass is 10.2. The quantitative estimate of drug-likeness (QED) is 0.593. The molecule has 0 fully saturated rings. The first kappa shape index (κ1) is 22.7. The van der Waals surface area contributed by atoms with Crippen molar-refractivity contribution >= 4 is 21.6 Å². The number of halogens is 3. The van der Waals surface area contributed by atoms with E-state index >= 15 is 0 Å². The average Bonchev–Trinajstić information content (AvgIpc) is 2.66. The van der Waals surface area contributed by atoms with Gasteiger partial charge in [-0.3, -0.25) is 4.79 Å². The van der Waals surface area contributed by atoms with Crippen LogP contribution in [0.4, 0.5) is 18.9 Å². The van der Waals surface area contributed by atoms with Crippen molar-refractivity contribution in [3.63, 3.8) is 0 Å². The van der Waals surface area contributed by atoms with Crippen molar-refractivity contribution in [1.29, 1.82) is 0 Å². The van der Waals surface area contributed by atoms with Crippen molar-refractivity contribution in [2.45, 2.75) is 30.8 Å². The second-order valence-corrected chi connectivity index (χ2v) is 7.91. The molecular weight excluding hydrogens is 409 g/mol. The van der Waals surface area contributed by atoms with Crippen LogP contribution in [0, 0.1) is 0 Å². The number of sulfonamides is 1. The van der Waals surface area contributed by atoms with Gasteiger partial charge in [-0.25, -0.2) is 13.1 Å². The van der Waals surface area contributed by atoms with Gasteiger partial charge in [0.1, 0.15) is 5.75 Å². The Morgan fingerprint density at radius 2 is 1.79 bits per heavy atom. The van der Waals surface area contributed by atoms with E-state index in [0.717, 1.165) is 25.0 Å². The summed E-state index contributed by atoms with van der Waals surface area (Å²) in [4.78, 5) is 12.0. The third-order valence-electron chi connectivity index (χ3n) is 3.80. The number of anilines is 1. The van der Waals surface area contributed by atoms with E-state index in [1.165, 1.54) is 36.4 Å². The number of unbranched alkanes of at least 4 members (excludes halogenated alkanes) is 1. The minimum Gasteiger partial charge on any atom is -0.484 e. The minimum absolute atomic E-state index is 0.00646. The van der Waals surface area contributed by atoms with Crippen LogP contribution in [0.25, 0.3) is 0 Å². The number of rotatable bonds is 9. The Morgan fingerprint density at radius 3 is 2.41 bits per heavy atom. The van der Waals surface area contributed by atoms with Crippen LogP contribution >= 0.6 is 0 Å². The largest absolute Gasteiger partial charge is 0.484 e. The summed E-state index contributed by atoms with van der Waals surface area (Å²) in [6, 6.07) is 9.72. The SMILES string of the molecule is CCCCNS(=O)(=O)c1ccc(OCC(=O)Nc2cccc(C(F)(F)F)c2)cc1. The van der Waals surface area contributed by atoms with E-state index < -0.39 is 34.3 Å². The molecule has 2 aromatic carbocycles. The zero-order chi connectivity index (χ0) is 21.5. The van der Waals surface area contributed by atoms with E-state index in [-0.39, 0.29) is 16.3 Å². The fraction of sp³-hybridized carbons (Fsp3) is 0.316. The molecule has 0 atom stereocenters. The lowest BCUT2D eigenvalue weighted by molar-refractivity contribution is -0.137. The molecule has 0 aliphatic rings. The van der Waals surface area contributed by atoms with Gasteiger partial charge in [0.15, 0.2) is 6.61 Å². The molecule has 158 valence electrons. The summed E-state index contributed by atoms with van der Waals surface area (Å²) in [5.74, 6) is -0.404. The van der Waals surface area contributed by atoms with E-state index in [0.29, 0.717) is 6.54 Å². The maximum Gasteiger partial charge on any atom is 0.416 e. The molecule has 0 heterocycles. The molecule has 6 nitrogen and oxygen atoms in total. The molecule has 0 aliphatic heterocycles. The van der Waals surface area contributed by atoms with Gasteiger partial charge in [-0.2, -0.15) is 13.2 Å². The molecule has 0 aliphatic carbocycles. The Labute approximate surface area is 167 Å². The van der Waals surface area contributed by atoms with Gasteiger partial charge in [0.2, 0.25) is 10.0 Å². The molecule has 0 aromatic heterocycles. The molecule has 2 aromatic rings. The van der Waals surface area contributed by atoms with Gasteiger partial charge >= 0.3 is 6.18 Å². The Bertz CT molecular complexity index is 929. The van der Waals surface area contributed by atoms with Crippen LogP contribution in [0.3, 0.4) is 0 Å². The van der Waals surface area contributed by atoms with E-state index in [9.17, 15) is 26.4 Å². The summed E-state index contributed by atoms with van der Waals surface area (Å²) >= 11 is 0. The molecule has 10 heteroatoms. The minimum atomic E-state index is -4.51. The fourth-order valence-electron chi connectivity index (χ4n) is 2.30. The third kappa shape index (κ3) is 7.06. The van der Waals surface area contributed by atoms with Crippen molar-refractivity contribution in [1.82, 2.24) is 4.72 Å². The first-order valence-corrected chi connectivity index (χ1v) is 10.3. The van der Waals surface area contributed by atoms with Gasteiger partial charge in [-0.05, 0) is 48.9 Å². The van der Waals surface area contributed by atoms with Crippen LogP contribution in [0.1, 0.15) is 25.3 Å². The Morgan fingerprint density at radius 1 is 1.10 bits per heavy atom. The van der Waals surface area contributed by atoms with Crippen LogP contribution in [0.15, 0.2) is 53.4 Å². The fourth-order valence-corrected chi connectivity index (χ4v) is 3.38. The molecule has 2 N–H and O–H groups in total. The number of carbonyl (C=O) groups is 1. The number of hydrogen-bond acceptors (Lipinski definition) is 4. The van der Waals surface area contributed by atoms with Gasteiger partial charge < -0.3 is 10.1 Å². The summed E-state index contributed by atoms with van der Waals surface area (Å²) in [6.45, 7) is 1.84. The monoisotopic (exact) mass is 430 g/mol. The summed E-state index contributed by atoms with van der Waals surface area (Å²) in [5.41, 5.74) is -0.881. The second kappa shape index (κ2) is 9.75. The summed E-state index contributed by atoms with van der Waals surface area (Å²) in [6.07, 6.45) is -2.93. The maximum atomic E-state index is 12.7. The van der Waals surface area contributed by atoms with E-state index in [1.807, 2.05) is 6.92 Å². The topological polar surface area (TPSA) is 84.5 Å². The van der Waals surface area contributed by atoms with E-state index in [4.69, 9.17) is 4.74 Å². The highest BCUT2D eigenvalue weighted by Crippen LogP contribution is 2.30. The maximum absolute atomic E-state index is 12.7. The first-order valence-electron chi connectivity index (χ1n) is 8.81. The highest BCUT2D eigenvalue weighted by atomic mass is 32.2. The lowest BCUT2D eigenvalue weighted by Crippen LogP contribution is -2.24. The smallest absolute Gasteiger partial charge is 0.416 e. The Balaban J connectivity index is 1.91. The molecule has 2 rings (SSSR count). The van der Waals surface area contributed by atoms with Crippen molar-refractivity contribution in [2.75, 3.05) is 18.5 Å². The van der Waals surface area contributed by atoms with Crippen LogP contribution < -0.4 is 14.8 Å². The standard InChI is InChI=1S/C19H21F3N2O4S/c1-2-3-11-23-29(26,27)17-9-7-16(8-10-17)28-13-18(25)24-15-6-4-5-14(12-15)19(20,21)22/h4-10,12,23H,2-3,11,13H2,1H3,(H,24,25). The first-order chi connectivity index (χ1) is 13.6. The zero-order valence-corrected chi connectivity index (χ0v) is 16.4. The molecule has 0 saturated heterocycles. The summed E-state index contributed by atoms with van der Waals surface area (Å²) in [5, 5.41) is 2.32. The second-order valence-electron chi connectivity index (χ2n) is 6.14. The van der Waals surface area contributed by atoms with Crippen LogP contribution in [0.5, 0.6) is 5.75 Å². The Hall–Kier alpha value is -2.59. The lowest BCUT2D eigenvalue weighted by Gasteiger charge is -2.11. The normalized spacial score (nSPS) is 11.9. The molecule has 29 heavy (non-hydrogen) atoms. The predicted octanol–water partition coefficient (Wildman–Crippen LogP) is 3.80. The average molecular weight is 430 g/mol. The summed E-state index contributed by atoms with van der Waals surface area (Å²) < 4.78 is 70.0. The molecule has 0 unspecified atom stereocenters. The number of carbonyl (C=O) groups excluding carboxylic acids is 1. The summed E-state index contributed by atoms with van der Waals surface area (Å²) in [7, 11) is -3.61. The predicted molar refractivity (Wildman–Crippen MR) is 102 cm³/mol. The van der Waals surface area contributed by atoms with Crippen molar-refractivity contribution in [2.24, 2.45) is 0 Å². The van der Waals surface area contributed by atoms with Crippen molar-refractivity contribution in [3.8, 4) is 5.75 Å². The van der Waals surface area contributed by atoms with Gasteiger partial charge in [-0.15, -0.1) is 0 Å². The number of hydrogen-bond donors (Lipinski definition) is 2. The van der Waals surface area contributed by atoms with E-state index in [2.05, 4.69) is 10.0 Å². The van der Waals surface area contributed by atoms with Gasteiger partial charge in [-0.1, -0.05) is 19.4 Å². The molecular formula is C19H21F3N2O4S. The van der Waals surface area contributed by atoms with Crippen LogP contribution in [-0.4, -0.2) is 27.5 Å². The van der Waals surface area contributed by atoms with Crippen LogP contribution in [-0.2, 0) is 21.0 Å². The number of nitrogens with one attached hydrogen (secondary N) is 2. The number of benzene rings is 2. The highest BCUT2D eigenvalue weighted by Gasteiger charge is 2.30. The molecule has 0 bridgehead atoms. The number of ether oxygens (including phenoxy) is 1. The van der Waals surface area contributed by atoms with Gasteiger partial charge in [0, 0.05) is 12.2 Å². The molecule has 0 radical (unpaired) electrons. The Kier molecular flexibility index (Phi) is 7.63. The number of amides is 1. The van der Waals surface area contributed by atoms with E-state index in [1.54, 1.807) is 0 Å². The van der Waals surface area contributed by atoms with Crippen molar-refractivity contribution in [3.05, 3.63) is 54.1 Å². The number of alkyl halides is 3. The molecule has 0 saturated carbocycles. The highest BCUT2D eigenvalue weighted by molar-refractivity contribution is 7.89. The van der Waals surface area contributed by atoms with Gasteiger partial charge in [0.25, 0.3) is 5.91 Å². The third-order valence-corrected chi connectivity index (χ3v) is 5.28. The van der Waals surface area contributed by atoms with Crippen molar-refractivity contribution < 1.29 is 31.1 Å². The molecule has 1 amide bonds. The van der Waals surface area contributed by atoms with Gasteiger partial charge in [0.05, 0.1) is 10.5 Å². The van der Waals surface area contributed by atoms with Crippen LogP contribution in [0.2, 0.25) is 0 Å².